The number of hydrogen-bond donors (Lipinski definition) is 2. The molecule has 4 nitrogen and oxygen atoms in total. The minimum Gasteiger partial charge on any atom is -0.511 e. The van der Waals surface area contributed by atoms with Crippen LogP contribution < -0.4 is 5.32 Å². The Bertz CT molecular complexity index is 670. The summed E-state index contributed by atoms with van der Waals surface area (Å²) >= 11 is 0. The highest BCUT2D eigenvalue weighted by Gasteiger charge is 2.35. The Labute approximate surface area is 149 Å². The van der Waals surface area contributed by atoms with Crippen LogP contribution in [0, 0.1) is 0 Å². The molecular weight excluding hydrogens is 314 g/mol. The minimum atomic E-state index is -0.244. The van der Waals surface area contributed by atoms with Gasteiger partial charge in [0, 0.05) is 18.4 Å². The number of nitrogens with one attached hydrogen (secondary N) is 1. The summed E-state index contributed by atoms with van der Waals surface area (Å²) in [6.07, 6.45) is 8.82. The van der Waals surface area contributed by atoms with Crippen molar-refractivity contribution in [3.8, 4) is 0 Å². The van der Waals surface area contributed by atoms with Gasteiger partial charge >= 0.3 is 0 Å². The lowest BCUT2D eigenvalue weighted by Gasteiger charge is -2.38. The predicted molar refractivity (Wildman–Crippen MR) is 98.2 cm³/mol. The lowest BCUT2D eigenvalue weighted by molar-refractivity contribution is -0.118. The third kappa shape index (κ3) is 3.73. The molecule has 0 spiro atoms. The first-order valence-corrected chi connectivity index (χ1v) is 9.17. The van der Waals surface area contributed by atoms with Crippen LogP contribution in [0.1, 0.15) is 50.5 Å². The number of amides is 1. The third-order valence-corrected chi connectivity index (χ3v) is 5.48. The van der Waals surface area contributed by atoms with Gasteiger partial charge in [-0.3, -0.25) is 4.79 Å². The zero-order valence-electron chi connectivity index (χ0n) is 14.9. The molecule has 0 aliphatic heterocycles. The second-order valence-electron chi connectivity index (χ2n) is 7.02. The molecule has 1 amide bonds. The molecule has 0 atom stereocenters. The number of allylic oxidation sites excluding steroid dienone is 2. The molecule has 134 valence electrons. The van der Waals surface area contributed by atoms with E-state index in [1.807, 2.05) is 12.1 Å². The second-order valence-corrected chi connectivity index (χ2v) is 7.02. The highest BCUT2D eigenvalue weighted by atomic mass is 16.5. The van der Waals surface area contributed by atoms with E-state index in [9.17, 15) is 9.90 Å². The smallest absolute Gasteiger partial charge is 0.258 e. The van der Waals surface area contributed by atoms with Gasteiger partial charge < -0.3 is 15.2 Å². The first kappa shape index (κ1) is 17.6. The molecule has 0 heterocycles. The molecule has 2 aliphatic carbocycles. The van der Waals surface area contributed by atoms with Crippen molar-refractivity contribution in [1.29, 1.82) is 0 Å². The van der Waals surface area contributed by atoms with Crippen LogP contribution in [0.3, 0.4) is 0 Å². The van der Waals surface area contributed by atoms with Crippen molar-refractivity contribution in [3.63, 3.8) is 0 Å². The van der Waals surface area contributed by atoms with Gasteiger partial charge in [-0.2, -0.15) is 0 Å². The quantitative estimate of drug-likeness (QED) is 0.846. The fraction of sp³-hybridized carbons (Fsp3) is 0.476. The van der Waals surface area contributed by atoms with Gasteiger partial charge in [-0.05, 0) is 30.9 Å². The minimum absolute atomic E-state index is 0.0169. The largest absolute Gasteiger partial charge is 0.511 e. The molecule has 0 radical (unpaired) electrons. The lowest BCUT2D eigenvalue weighted by Crippen LogP contribution is -2.43. The highest BCUT2D eigenvalue weighted by Crippen LogP contribution is 2.39. The van der Waals surface area contributed by atoms with Crippen molar-refractivity contribution in [2.45, 2.75) is 50.4 Å². The van der Waals surface area contributed by atoms with Crippen LogP contribution in [-0.4, -0.2) is 24.7 Å². The number of carbonyl (C=O) groups excluding carboxylic acids is 1. The zero-order chi connectivity index (χ0) is 17.7. The van der Waals surface area contributed by atoms with Crippen molar-refractivity contribution in [3.05, 3.63) is 59.1 Å². The molecule has 1 aromatic carbocycles. The van der Waals surface area contributed by atoms with E-state index in [-0.39, 0.29) is 22.7 Å². The van der Waals surface area contributed by atoms with E-state index in [1.165, 1.54) is 31.9 Å². The zero-order valence-corrected chi connectivity index (χ0v) is 14.9. The molecular formula is C21H27NO3. The van der Waals surface area contributed by atoms with Gasteiger partial charge in [-0.1, -0.05) is 49.6 Å². The van der Waals surface area contributed by atoms with E-state index >= 15 is 0 Å². The van der Waals surface area contributed by atoms with E-state index in [4.69, 9.17) is 4.74 Å². The number of ether oxygens (including phenoxy) is 1. The van der Waals surface area contributed by atoms with Crippen molar-refractivity contribution in [1.82, 2.24) is 5.32 Å². The van der Waals surface area contributed by atoms with Crippen molar-refractivity contribution in [2.24, 2.45) is 0 Å². The fourth-order valence-electron chi connectivity index (χ4n) is 4.06. The number of aliphatic hydroxyl groups is 1. The van der Waals surface area contributed by atoms with Gasteiger partial charge in [0.25, 0.3) is 5.91 Å². The Kier molecular flexibility index (Phi) is 5.47. The molecule has 0 bridgehead atoms. The number of carbonyl (C=O) groups is 1. The maximum atomic E-state index is 12.7. The van der Waals surface area contributed by atoms with Crippen molar-refractivity contribution >= 4 is 5.91 Å². The molecule has 4 heteroatoms. The standard InChI is InChI=1S/C21H27NO3/c1-25-18-12-8-11-17(23)19(18)20(24)22-15-21(13-6-3-7-14-21)16-9-4-2-5-10-16/h2,4-5,9-10,12,23H,3,6-8,11,13-15H2,1H3,(H,22,24). The Morgan fingerprint density at radius 2 is 1.92 bits per heavy atom. The highest BCUT2D eigenvalue weighted by molar-refractivity contribution is 5.98. The van der Waals surface area contributed by atoms with Crippen LogP contribution in [0.2, 0.25) is 0 Å². The first-order chi connectivity index (χ1) is 12.2. The average Bonchev–Trinajstić information content (AvgIpc) is 2.67. The maximum Gasteiger partial charge on any atom is 0.258 e. The molecule has 2 N–H and O–H groups in total. The average molecular weight is 341 g/mol. The molecule has 1 saturated carbocycles. The molecule has 0 unspecified atom stereocenters. The van der Waals surface area contributed by atoms with Crippen molar-refractivity contribution in [2.75, 3.05) is 13.7 Å². The fourth-order valence-corrected chi connectivity index (χ4v) is 4.06. The maximum absolute atomic E-state index is 12.7. The molecule has 25 heavy (non-hydrogen) atoms. The predicted octanol–water partition coefficient (Wildman–Crippen LogP) is 4.14. The summed E-state index contributed by atoms with van der Waals surface area (Å²) in [4.78, 5) is 12.7. The van der Waals surface area contributed by atoms with Crippen LogP contribution in [-0.2, 0) is 14.9 Å². The molecule has 1 fully saturated rings. The number of aliphatic hydroxyl groups excluding tert-OH is 1. The molecule has 0 aromatic heterocycles. The number of hydrogen-bond acceptors (Lipinski definition) is 3. The van der Waals surface area contributed by atoms with E-state index in [0.29, 0.717) is 25.1 Å². The van der Waals surface area contributed by atoms with Gasteiger partial charge in [0.2, 0.25) is 0 Å². The Morgan fingerprint density at radius 3 is 2.60 bits per heavy atom. The van der Waals surface area contributed by atoms with E-state index in [1.54, 1.807) is 0 Å². The van der Waals surface area contributed by atoms with E-state index in [2.05, 4.69) is 29.6 Å². The lowest BCUT2D eigenvalue weighted by atomic mass is 9.69. The summed E-state index contributed by atoms with van der Waals surface area (Å²) in [6.45, 7) is 0.587. The van der Waals surface area contributed by atoms with Gasteiger partial charge in [0.05, 0.1) is 7.11 Å². The summed E-state index contributed by atoms with van der Waals surface area (Å²) < 4.78 is 5.28. The Hall–Kier alpha value is -2.23. The number of benzene rings is 1. The monoisotopic (exact) mass is 341 g/mol. The summed E-state index contributed by atoms with van der Waals surface area (Å²) in [5, 5.41) is 13.2. The van der Waals surface area contributed by atoms with Crippen LogP contribution in [0.15, 0.2) is 53.5 Å². The molecule has 0 saturated heterocycles. The van der Waals surface area contributed by atoms with E-state index < -0.39 is 0 Å². The van der Waals surface area contributed by atoms with Gasteiger partial charge in [0.15, 0.2) is 0 Å². The summed E-state index contributed by atoms with van der Waals surface area (Å²) in [6, 6.07) is 10.5. The normalized spacial score (nSPS) is 20.0. The van der Waals surface area contributed by atoms with Gasteiger partial charge in [-0.25, -0.2) is 0 Å². The van der Waals surface area contributed by atoms with Gasteiger partial charge in [-0.15, -0.1) is 0 Å². The van der Waals surface area contributed by atoms with Crippen LogP contribution in [0.25, 0.3) is 0 Å². The van der Waals surface area contributed by atoms with E-state index in [0.717, 1.165) is 12.8 Å². The molecule has 1 aromatic rings. The van der Waals surface area contributed by atoms with Crippen LogP contribution in [0.4, 0.5) is 0 Å². The Balaban J connectivity index is 1.78. The molecule has 3 rings (SSSR count). The first-order valence-electron chi connectivity index (χ1n) is 9.17. The molecule has 2 aliphatic rings. The third-order valence-electron chi connectivity index (χ3n) is 5.48. The van der Waals surface area contributed by atoms with Gasteiger partial charge in [0.1, 0.15) is 17.1 Å². The Morgan fingerprint density at radius 1 is 1.20 bits per heavy atom. The second kappa shape index (κ2) is 7.77. The SMILES string of the molecule is COC1=CCCC(O)=C1C(=O)NCC1(c2ccccc2)CCCCC1. The topological polar surface area (TPSA) is 58.6 Å². The number of rotatable bonds is 5. The van der Waals surface area contributed by atoms with Crippen LogP contribution in [0.5, 0.6) is 0 Å². The summed E-state index contributed by atoms with van der Waals surface area (Å²) in [5.41, 5.74) is 1.56. The summed E-state index contributed by atoms with van der Waals surface area (Å²) in [5.74, 6) is 0.346. The van der Waals surface area contributed by atoms with Crippen LogP contribution >= 0.6 is 0 Å². The number of methoxy groups -OCH3 is 1. The van der Waals surface area contributed by atoms with Crippen molar-refractivity contribution < 1.29 is 14.6 Å². The summed E-state index contributed by atoms with van der Waals surface area (Å²) in [7, 11) is 1.53.